The number of nitrogens with zero attached hydrogens (tertiary/aromatic N) is 1. The highest BCUT2D eigenvalue weighted by Crippen LogP contribution is 2.32. The molecule has 0 heterocycles. The molecule has 2 rings (SSSR count). The molecule has 0 atom stereocenters. The van der Waals surface area contributed by atoms with Crippen LogP contribution in [-0.2, 0) is 0 Å². The summed E-state index contributed by atoms with van der Waals surface area (Å²) in [5.74, 6) is 0.128. The van der Waals surface area contributed by atoms with Crippen molar-refractivity contribution in [2.24, 2.45) is 5.73 Å². The van der Waals surface area contributed by atoms with E-state index < -0.39 is 5.82 Å². The summed E-state index contributed by atoms with van der Waals surface area (Å²) >= 11 is 8.01. The first-order valence-corrected chi connectivity index (χ1v) is 7.33. The Bertz CT molecular complexity index is 691. The lowest BCUT2D eigenvalue weighted by Crippen LogP contribution is -2.11. The Hall–Kier alpha value is -1.66. The van der Waals surface area contributed by atoms with Crippen molar-refractivity contribution in [2.45, 2.75) is 0 Å². The molecule has 110 valence electrons. The predicted octanol–water partition coefficient (Wildman–Crippen LogP) is 4.08. The fourth-order valence-corrected chi connectivity index (χ4v) is 2.60. The summed E-state index contributed by atoms with van der Waals surface area (Å²) < 4.78 is 20.1. The van der Waals surface area contributed by atoms with Crippen LogP contribution in [0.2, 0.25) is 0 Å². The SMILES string of the molecule is CN(C)c1cccc(Oc2ccc(C(N)=S)c(Br)c2F)c1. The van der Waals surface area contributed by atoms with Crippen molar-refractivity contribution >= 4 is 38.8 Å². The topological polar surface area (TPSA) is 38.5 Å². The third kappa shape index (κ3) is 3.51. The van der Waals surface area contributed by atoms with Crippen molar-refractivity contribution in [1.29, 1.82) is 0 Å². The second-order valence-corrected chi connectivity index (χ2v) is 5.83. The minimum Gasteiger partial charge on any atom is -0.454 e. The van der Waals surface area contributed by atoms with E-state index in [1.807, 2.05) is 37.2 Å². The van der Waals surface area contributed by atoms with Crippen molar-refractivity contribution in [3.63, 3.8) is 0 Å². The molecule has 0 saturated carbocycles. The lowest BCUT2D eigenvalue weighted by atomic mass is 10.2. The van der Waals surface area contributed by atoms with Crippen LogP contribution in [0.3, 0.4) is 0 Å². The Kier molecular flexibility index (Phi) is 4.80. The number of halogens is 2. The van der Waals surface area contributed by atoms with Gasteiger partial charge in [0.1, 0.15) is 10.7 Å². The average molecular weight is 369 g/mol. The zero-order valence-electron chi connectivity index (χ0n) is 11.6. The number of hydrogen-bond acceptors (Lipinski definition) is 3. The van der Waals surface area contributed by atoms with Gasteiger partial charge >= 0.3 is 0 Å². The number of rotatable bonds is 4. The molecule has 3 nitrogen and oxygen atoms in total. The largest absolute Gasteiger partial charge is 0.454 e. The second-order valence-electron chi connectivity index (χ2n) is 4.60. The predicted molar refractivity (Wildman–Crippen MR) is 90.8 cm³/mol. The molecule has 21 heavy (non-hydrogen) atoms. The Balaban J connectivity index is 2.34. The van der Waals surface area contributed by atoms with Gasteiger partial charge in [-0.15, -0.1) is 0 Å². The van der Waals surface area contributed by atoms with Crippen molar-refractivity contribution in [2.75, 3.05) is 19.0 Å². The van der Waals surface area contributed by atoms with Gasteiger partial charge in [-0.3, -0.25) is 0 Å². The van der Waals surface area contributed by atoms with Gasteiger partial charge in [0.15, 0.2) is 11.6 Å². The van der Waals surface area contributed by atoms with Crippen LogP contribution < -0.4 is 15.4 Å². The molecule has 0 aliphatic heterocycles. The molecule has 2 aromatic carbocycles. The maximum absolute atomic E-state index is 14.3. The maximum atomic E-state index is 14.3. The molecule has 0 bridgehead atoms. The van der Waals surface area contributed by atoms with E-state index in [0.717, 1.165) is 5.69 Å². The summed E-state index contributed by atoms with van der Waals surface area (Å²) in [4.78, 5) is 2.07. The minimum atomic E-state index is -0.532. The van der Waals surface area contributed by atoms with Gasteiger partial charge in [0, 0.05) is 31.4 Å². The summed E-state index contributed by atoms with van der Waals surface area (Å²) in [6.45, 7) is 0. The van der Waals surface area contributed by atoms with Crippen molar-refractivity contribution in [3.05, 3.63) is 52.3 Å². The highest BCUT2D eigenvalue weighted by molar-refractivity contribution is 9.10. The van der Waals surface area contributed by atoms with E-state index >= 15 is 0 Å². The maximum Gasteiger partial charge on any atom is 0.180 e. The van der Waals surface area contributed by atoms with Crippen LogP contribution in [0.25, 0.3) is 0 Å². The number of hydrogen-bond donors (Lipinski definition) is 1. The zero-order chi connectivity index (χ0) is 15.6. The van der Waals surface area contributed by atoms with Gasteiger partial charge in [0.25, 0.3) is 0 Å². The molecule has 0 saturated heterocycles. The fourth-order valence-electron chi connectivity index (χ4n) is 1.75. The third-order valence-corrected chi connectivity index (χ3v) is 3.87. The lowest BCUT2D eigenvalue weighted by Gasteiger charge is -2.15. The van der Waals surface area contributed by atoms with Crippen LogP contribution >= 0.6 is 28.1 Å². The quantitative estimate of drug-likeness (QED) is 0.825. The molecule has 0 amide bonds. The Morgan fingerprint density at radius 1 is 1.29 bits per heavy atom. The van der Waals surface area contributed by atoms with Crippen molar-refractivity contribution in [3.8, 4) is 11.5 Å². The van der Waals surface area contributed by atoms with Crippen LogP contribution in [0, 0.1) is 5.82 Å². The summed E-state index contributed by atoms with van der Waals surface area (Å²) in [6, 6.07) is 10.5. The van der Waals surface area contributed by atoms with Crippen molar-refractivity contribution < 1.29 is 9.13 Å². The van der Waals surface area contributed by atoms with Gasteiger partial charge in [-0.1, -0.05) is 18.3 Å². The first-order chi connectivity index (χ1) is 9.90. The average Bonchev–Trinajstić information content (AvgIpc) is 2.44. The number of anilines is 1. The molecule has 0 fully saturated rings. The van der Waals surface area contributed by atoms with E-state index in [0.29, 0.717) is 11.3 Å². The molecular weight excluding hydrogens is 355 g/mol. The van der Waals surface area contributed by atoms with E-state index in [1.165, 1.54) is 6.07 Å². The smallest absolute Gasteiger partial charge is 0.180 e. The summed E-state index contributed by atoms with van der Waals surface area (Å²) in [5.41, 5.74) is 6.93. The molecule has 2 N–H and O–H groups in total. The van der Waals surface area contributed by atoms with E-state index in [1.54, 1.807) is 12.1 Å². The van der Waals surface area contributed by atoms with Crippen LogP contribution in [0.4, 0.5) is 10.1 Å². The van der Waals surface area contributed by atoms with Gasteiger partial charge < -0.3 is 15.4 Å². The Morgan fingerprint density at radius 2 is 2.00 bits per heavy atom. The summed E-state index contributed by atoms with van der Waals surface area (Å²) in [7, 11) is 3.85. The lowest BCUT2D eigenvalue weighted by molar-refractivity contribution is 0.440. The highest BCUT2D eigenvalue weighted by atomic mass is 79.9. The van der Waals surface area contributed by atoms with Gasteiger partial charge in [0.2, 0.25) is 0 Å². The van der Waals surface area contributed by atoms with E-state index in [4.69, 9.17) is 22.7 Å². The molecule has 0 spiro atoms. The number of benzene rings is 2. The van der Waals surface area contributed by atoms with Gasteiger partial charge in [-0.05, 0) is 40.2 Å². The molecular formula is C15H14BrFN2OS. The summed E-state index contributed by atoms with van der Waals surface area (Å²) in [5, 5.41) is 0. The van der Waals surface area contributed by atoms with Crippen LogP contribution in [0.15, 0.2) is 40.9 Å². The zero-order valence-corrected chi connectivity index (χ0v) is 14.0. The Morgan fingerprint density at radius 3 is 2.62 bits per heavy atom. The monoisotopic (exact) mass is 368 g/mol. The number of thiocarbonyl (C=S) groups is 1. The molecule has 0 radical (unpaired) electrons. The molecule has 0 aliphatic carbocycles. The second kappa shape index (κ2) is 6.41. The van der Waals surface area contributed by atoms with E-state index in [9.17, 15) is 4.39 Å². The highest BCUT2D eigenvalue weighted by Gasteiger charge is 2.14. The van der Waals surface area contributed by atoms with E-state index in [2.05, 4.69) is 15.9 Å². The first-order valence-electron chi connectivity index (χ1n) is 6.13. The summed E-state index contributed by atoms with van der Waals surface area (Å²) in [6.07, 6.45) is 0. The standard InChI is InChI=1S/C15H14BrFN2OS/c1-19(2)9-4-3-5-10(8-9)20-12-7-6-11(15(18)21)13(16)14(12)17/h3-8H,1-2H3,(H2,18,21). The molecule has 2 aromatic rings. The minimum absolute atomic E-state index is 0.109. The van der Waals surface area contributed by atoms with Gasteiger partial charge in [0.05, 0.1) is 4.47 Å². The molecule has 6 heteroatoms. The normalized spacial score (nSPS) is 10.3. The van der Waals surface area contributed by atoms with Crippen LogP contribution in [0.5, 0.6) is 11.5 Å². The third-order valence-electron chi connectivity index (χ3n) is 2.87. The van der Waals surface area contributed by atoms with Gasteiger partial charge in [-0.2, -0.15) is 0 Å². The van der Waals surface area contributed by atoms with Crippen LogP contribution in [0.1, 0.15) is 5.56 Å². The molecule has 0 aliphatic rings. The van der Waals surface area contributed by atoms with E-state index in [-0.39, 0.29) is 15.2 Å². The molecule has 0 aromatic heterocycles. The number of ether oxygens (including phenoxy) is 1. The first kappa shape index (κ1) is 15.7. The Labute approximate surface area is 136 Å². The van der Waals surface area contributed by atoms with Crippen molar-refractivity contribution in [1.82, 2.24) is 0 Å². The number of nitrogens with two attached hydrogens (primary N) is 1. The van der Waals surface area contributed by atoms with Gasteiger partial charge in [-0.25, -0.2) is 4.39 Å². The molecule has 0 unspecified atom stereocenters. The van der Waals surface area contributed by atoms with Crippen LogP contribution in [-0.4, -0.2) is 19.1 Å². The fraction of sp³-hybridized carbons (Fsp3) is 0.133.